The molecule has 2 heteroatoms. The first-order valence-electron chi connectivity index (χ1n) is 8.25. The molecule has 114 valence electrons. The van der Waals surface area contributed by atoms with E-state index in [1.54, 1.807) is 0 Å². The quantitative estimate of drug-likeness (QED) is 0.442. The van der Waals surface area contributed by atoms with Crippen LogP contribution in [0.1, 0.15) is 77.6 Å². The molecule has 0 aromatic rings. The molecule has 0 aliphatic carbocycles. The zero-order valence-corrected chi connectivity index (χ0v) is 13.0. The summed E-state index contributed by atoms with van der Waals surface area (Å²) in [5.41, 5.74) is 1.31. The lowest BCUT2D eigenvalue weighted by Gasteiger charge is -2.04. The molecule has 0 atom stereocenters. The van der Waals surface area contributed by atoms with E-state index >= 15 is 0 Å². The molecular weight excluding hydrogens is 248 g/mol. The van der Waals surface area contributed by atoms with Gasteiger partial charge in [-0.05, 0) is 45.1 Å². The number of carbonyl (C=O) groups excluding carboxylic acids is 1. The molecule has 1 aliphatic heterocycles. The predicted octanol–water partition coefficient (Wildman–Crippen LogP) is 5.34. The molecule has 0 unspecified atom stereocenters. The maximum Gasteiger partial charge on any atom is 0.306 e. The minimum absolute atomic E-state index is 0.0462. The number of hydrogen-bond donors (Lipinski definition) is 0. The highest BCUT2D eigenvalue weighted by Crippen LogP contribution is 2.11. The number of hydrogen-bond acceptors (Lipinski definition) is 2. The van der Waals surface area contributed by atoms with E-state index in [-0.39, 0.29) is 5.97 Å². The molecule has 0 saturated carbocycles. The molecule has 1 rings (SSSR count). The highest BCUT2D eigenvalue weighted by molar-refractivity contribution is 5.69. The SMILES string of the molecule is C/C1=C/COC(=O)CCCCCCCCC/C=C/CC1. The lowest BCUT2D eigenvalue weighted by Crippen LogP contribution is -2.04. The van der Waals surface area contributed by atoms with Crippen molar-refractivity contribution in [1.29, 1.82) is 0 Å². The monoisotopic (exact) mass is 278 g/mol. The van der Waals surface area contributed by atoms with Gasteiger partial charge in [-0.15, -0.1) is 0 Å². The maximum atomic E-state index is 11.5. The van der Waals surface area contributed by atoms with Crippen molar-refractivity contribution in [3.8, 4) is 0 Å². The third-order valence-electron chi connectivity index (χ3n) is 3.80. The largest absolute Gasteiger partial charge is 0.461 e. The van der Waals surface area contributed by atoms with Crippen LogP contribution in [-0.4, -0.2) is 12.6 Å². The zero-order valence-electron chi connectivity index (χ0n) is 13.0. The van der Waals surface area contributed by atoms with E-state index in [1.807, 2.05) is 6.08 Å². The lowest BCUT2D eigenvalue weighted by molar-refractivity contribution is -0.142. The molecule has 0 bridgehead atoms. The standard InChI is InChI=1S/C18H30O2/c1-17-13-11-9-7-5-3-2-4-6-8-10-12-14-18(19)20-16-15-17/h7,9,15H,2-6,8,10-14,16H2,1H3/b9-7+,17-15-. The van der Waals surface area contributed by atoms with Crippen LogP contribution in [0.25, 0.3) is 0 Å². The highest BCUT2D eigenvalue weighted by atomic mass is 16.5. The zero-order chi connectivity index (χ0) is 14.5. The fourth-order valence-corrected chi connectivity index (χ4v) is 2.41. The summed E-state index contributed by atoms with van der Waals surface area (Å²) >= 11 is 0. The Bertz CT molecular complexity index is 315. The maximum absolute atomic E-state index is 11.5. The van der Waals surface area contributed by atoms with E-state index in [9.17, 15) is 4.79 Å². The third-order valence-corrected chi connectivity index (χ3v) is 3.80. The Balaban J connectivity index is 2.33. The Morgan fingerprint density at radius 2 is 1.50 bits per heavy atom. The number of rotatable bonds is 0. The van der Waals surface area contributed by atoms with Crippen LogP contribution in [0.5, 0.6) is 0 Å². The number of ether oxygens (including phenoxy) is 1. The Morgan fingerprint density at radius 1 is 0.850 bits per heavy atom. The molecule has 20 heavy (non-hydrogen) atoms. The van der Waals surface area contributed by atoms with Crippen molar-refractivity contribution in [2.24, 2.45) is 0 Å². The molecule has 0 aromatic carbocycles. The lowest BCUT2D eigenvalue weighted by atomic mass is 10.1. The minimum Gasteiger partial charge on any atom is -0.461 e. The van der Waals surface area contributed by atoms with Crippen LogP contribution in [0.3, 0.4) is 0 Å². The van der Waals surface area contributed by atoms with Gasteiger partial charge in [0.2, 0.25) is 0 Å². The predicted molar refractivity (Wildman–Crippen MR) is 84.6 cm³/mol. The van der Waals surface area contributed by atoms with Crippen molar-refractivity contribution in [2.75, 3.05) is 6.61 Å². The molecule has 0 spiro atoms. The molecule has 2 nitrogen and oxygen atoms in total. The Labute approximate surface area is 124 Å². The van der Waals surface area contributed by atoms with Crippen molar-refractivity contribution >= 4 is 5.97 Å². The first-order chi connectivity index (χ1) is 9.79. The van der Waals surface area contributed by atoms with Gasteiger partial charge in [0.1, 0.15) is 6.61 Å². The molecule has 1 heterocycles. The van der Waals surface area contributed by atoms with Crippen LogP contribution in [0, 0.1) is 0 Å². The van der Waals surface area contributed by atoms with Gasteiger partial charge in [0.05, 0.1) is 0 Å². The van der Waals surface area contributed by atoms with Crippen LogP contribution in [0.15, 0.2) is 23.8 Å². The van der Waals surface area contributed by atoms with Gasteiger partial charge in [0.25, 0.3) is 0 Å². The second kappa shape index (κ2) is 11.7. The normalized spacial score (nSPS) is 25.6. The van der Waals surface area contributed by atoms with Gasteiger partial charge >= 0.3 is 5.97 Å². The van der Waals surface area contributed by atoms with Crippen molar-refractivity contribution in [3.63, 3.8) is 0 Å². The van der Waals surface area contributed by atoms with Crippen LogP contribution in [0.2, 0.25) is 0 Å². The van der Waals surface area contributed by atoms with Crippen LogP contribution in [0.4, 0.5) is 0 Å². The molecular formula is C18H30O2. The van der Waals surface area contributed by atoms with E-state index in [1.165, 1.54) is 44.1 Å². The van der Waals surface area contributed by atoms with Crippen LogP contribution in [-0.2, 0) is 9.53 Å². The third kappa shape index (κ3) is 9.82. The van der Waals surface area contributed by atoms with Crippen molar-refractivity contribution in [1.82, 2.24) is 0 Å². The first-order valence-corrected chi connectivity index (χ1v) is 8.25. The molecule has 0 N–H and O–H groups in total. The molecule has 0 amide bonds. The van der Waals surface area contributed by atoms with E-state index in [2.05, 4.69) is 19.1 Å². The molecule has 0 fully saturated rings. The van der Waals surface area contributed by atoms with Gasteiger partial charge in [-0.3, -0.25) is 4.79 Å². The van der Waals surface area contributed by atoms with E-state index in [0.29, 0.717) is 13.0 Å². The van der Waals surface area contributed by atoms with Crippen molar-refractivity contribution in [2.45, 2.75) is 77.6 Å². The molecule has 0 saturated heterocycles. The van der Waals surface area contributed by atoms with Crippen molar-refractivity contribution in [3.05, 3.63) is 23.8 Å². The molecule has 1 aliphatic rings. The Hall–Kier alpha value is -1.05. The van der Waals surface area contributed by atoms with Gasteiger partial charge in [0, 0.05) is 6.42 Å². The van der Waals surface area contributed by atoms with Crippen LogP contribution >= 0.6 is 0 Å². The highest BCUT2D eigenvalue weighted by Gasteiger charge is 2.01. The van der Waals surface area contributed by atoms with Gasteiger partial charge in [0.15, 0.2) is 0 Å². The minimum atomic E-state index is -0.0462. The van der Waals surface area contributed by atoms with Crippen molar-refractivity contribution < 1.29 is 9.53 Å². The summed E-state index contributed by atoms with van der Waals surface area (Å²) in [7, 11) is 0. The fourth-order valence-electron chi connectivity index (χ4n) is 2.41. The van der Waals surface area contributed by atoms with Gasteiger partial charge in [-0.1, -0.05) is 49.8 Å². The number of carbonyl (C=O) groups is 1. The molecule has 0 aromatic heterocycles. The summed E-state index contributed by atoms with van der Waals surface area (Å²) in [5.74, 6) is -0.0462. The number of allylic oxidation sites excluding steroid dienone is 3. The van der Waals surface area contributed by atoms with E-state index in [0.717, 1.165) is 25.7 Å². The average Bonchev–Trinajstić information content (AvgIpc) is 2.43. The van der Waals surface area contributed by atoms with Gasteiger partial charge in [-0.25, -0.2) is 0 Å². The second-order valence-corrected chi connectivity index (χ2v) is 5.76. The molecule has 0 radical (unpaired) electrons. The summed E-state index contributed by atoms with van der Waals surface area (Å²) in [6, 6.07) is 0. The Kier molecular flexibility index (Phi) is 9.99. The summed E-state index contributed by atoms with van der Waals surface area (Å²) in [4.78, 5) is 11.5. The Morgan fingerprint density at radius 3 is 2.30 bits per heavy atom. The summed E-state index contributed by atoms with van der Waals surface area (Å²) in [5, 5.41) is 0. The second-order valence-electron chi connectivity index (χ2n) is 5.76. The fraction of sp³-hybridized carbons (Fsp3) is 0.722. The summed E-state index contributed by atoms with van der Waals surface area (Å²) in [6.45, 7) is 2.55. The van der Waals surface area contributed by atoms with Gasteiger partial charge in [-0.2, -0.15) is 0 Å². The first kappa shape index (κ1) is 17.0. The summed E-state index contributed by atoms with van der Waals surface area (Å²) < 4.78 is 5.22. The number of cyclic esters (lactones) is 1. The smallest absolute Gasteiger partial charge is 0.306 e. The van der Waals surface area contributed by atoms with Gasteiger partial charge < -0.3 is 4.74 Å². The average molecular weight is 278 g/mol. The summed E-state index contributed by atoms with van der Waals surface area (Å²) in [6.07, 6.45) is 19.3. The number of esters is 1. The van der Waals surface area contributed by atoms with E-state index < -0.39 is 0 Å². The topological polar surface area (TPSA) is 26.3 Å². The van der Waals surface area contributed by atoms with Crippen LogP contribution < -0.4 is 0 Å². The van der Waals surface area contributed by atoms with E-state index in [4.69, 9.17) is 4.74 Å².